The number of benzene rings is 1. The van der Waals surface area contributed by atoms with E-state index in [-0.39, 0.29) is 36.3 Å². The Labute approximate surface area is 154 Å². The van der Waals surface area contributed by atoms with Crippen molar-refractivity contribution in [3.05, 3.63) is 45.4 Å². The average Bonchev–Trinajstić information content (AvgIpc) is 2.65. The van der Waals surface area contributed by atoms with Crippen molar-refractivity contribution in [3.8, 4) is 5.75 Å². The van der Waals surface area contributed by atoms with Crippen molar-refractivity contribution in [1.29, 1.82) is 0 Å². The van der Waals surface area contributed by atoms with Gasteiger partial charge in [0.05, 0.1) is 25.3 Å². The molecule has 1 atom stereocenters. The van der Waals surface area contributed by atoms with Crippen molar-refractivity contribution < 1.29 is 14.3 Å². The zero-order valence-corrected chi connectivity index (χ0v) is 14.7. The number of anilines is 2. The van der Waals surface area contributed by atoms with Gasteiger partial charge in [-0.05, 0) is 30.2 Å². The van der Waals surface area contributed by atoms with Gasteiger partial charge in [0.15, 0.2) is 0 Å². The van der Waals surface area contributed by atoms with Crippen LogP contribution in [0.15, 0.2) is 23.0 Å². The molecule has 4 N–H and O–H groups in total. The lowest BCUT2D eigenvalue weighted by atomic mass is 9.88. The molecule has 0 fully saturated rings. The predicted octanol–water partition coefficient (Wildman–Crippen LogP) is 0.371. The SMILES string of the molecule is COc1ccc2c(c1)C(C(=O)N1CCc3c(nc(N)[nH]c3=O)C1)CC(=O)N2. The zero-order valence-electron chi connectivity index (χ0n) is 14.7. The van der Waals surface area contributed by atoms with E-state index in [1.54, 1.807) is 30.2 Å². The number of aromatic nitrogens is 2. The van der Waals surface area contributed by atoms with Crippen molar-refractivity contribution in [2.75, 3.05) is 24.7 Å². The molecule has 1 unspecified atom stereocenters. The molecular weight excluding hydrogens is 350 g/mol. The maximum Gasteiger partial charge on any atom is 0.255 e. The number of methoxy groups -OCH3 is 1. The minimum absolute atomic E-state index is 0.0279. The van der Waals surface area contributed by atoms with Crippen molar-refractivity contribution in [2.45, 2.75) is 25.3 Å². The Morgan fingerprint density at radius 1 is 1.37 bits per heavy atom. The third kappa shape index (κ3) is 3.01. The molecule has 2 aromatic rings. The third-order valence-electron chi connectivity index (χ3n) is 5.00. The maximum atomic E-state index is 13.2. The number of hydrogen-bond donors (Lipinski definition) is 3. The van der Waals surface area contributed by atoms with E-state index < -0.39 is 5.92 Å². The van der Waals surface area contributed by atoms with Crippen LogP contribution in [0.5, 0.6) is 5.75 Å². The van der Waals surface area contributed by atoms with Gasteiger partial charge in [-0.15, -0.1) is 0 Å². The summed E-state index contributed by atoms with van der Waals surface area (Å²) in [5.74, 6) is -0.342. The van der Waals surface area contributed by atoms with Crippen LogP contribution in [0.3, 0.4) is 0 Å². The normalized spacial score (nSPS) is 18.3. The molecule has 4 rings (SSSR count). The first kappa shape index (κ1) is 17.1. The van der Waals surface area contributed by atoms with Gasteiger partial charge in [-0.1, -0.05) is 0 Å². The molecule has 140 valence electrons. The number of rotatable bonds is 2. The summed E-state index contributed by atoms with van der Waals surface area (Å²) in [5.41, 5.74) is 7.75. The first-order chi connectivity index (χ1) is 13.0. The summed E-state index contributed by atoms with van der Waals surface area (Å²) in [6.45, 7) is 0.581. The van der Waals surface area contributed by atoms with Gasteiger partial charge in [-0.2, -0.15) is 0 Å². The van der Waals surface area contributed by atoms with E-state index in [1.807, 2.05) is 0 Å². The van der Waals surface area contributed by atoms with Gasteiger partial charge in [0, 0.05) is 24.2 Å². The monoisotopic (exact) mass is 369 g/mol. The van der Waals surface area contributed by atoms with E-state index in [0.29, 0.717) is 35.7 Å². The Morgan fingerprint density at radius 3 is 2.96 bits per heavy atom. The molecular formula is C18H19N5O4. The Bertz CT molecular complexity index is 1000. The van der Waals surface area contributed by atoms with Crippen LogP contribution in [-0.2, 0) is 22.6 Å². The van der Waals surface area contributed by atoms with Gasteiger partial charge in [0.1, 0.15) is 5.75 Å². The fourth-order valence-corrected chi connectivity index (χ4v) is 3.65. The Balaban J connectivity index is 1.66. The van der Waals surface area contributed by atoms with Gasteiger partial charge in [0.25, 0.3) is 5.56 Å². The largest absolute Gasteiger partial charge is 0.497 e. The molecule has 0 spiro atoms. The van der Waals surface area contributed by atoms with Crippen molar-refractivity contribution in [3.63, 3.8) is 0 Å². The van der Waals surface area contributed by atoms with Gasteiger partial charge in [-0.25, -0.2) is 4.98 Å². The lowest BCUT2D eigenvalue weighted by Crippen LogP contribution is -2.43. The molecule has 0 aliphatic carbocycles. The number of ether oxygens (including phenoxy) is 1. The summed E-state index contributed by atoms with van der Waals surface area (Å²) in [6, 6.07) is 5.25. The summed E-state index contributed by atoms with van der Waals surface area (Å²) in [4.78, 5) is 45.5. The highest BCUT2D eigenvalue weighted by atomic mass is 16.5. The highest BCUT2D eigenvalue weighted by molar-refractivity contribution is 6.01. The highest BCUT2D eigenvalue weighted by Crippen LogP contribution is 2.36. The minimum atomic E-state index is -0.607. The lowest BCUT2D eigenvalue weighted by molar-refractivity contribution is -0.135. The van der Waals surface area contributed by atoms with Crippen LogP contribution in [0.2, 0.25) is 0 Å². The molecule has 2 aliphatic rings. The molecule has 0 saturated carbocycles. The minimum Gasteiger partial charge on any atom is -0.497 e. The van der Waals surface area contributed by atoms with Crippen LogP contribution in [0.4, 0.5) is 11.6 Å². The fraction of sp³-hybridized carbons (Fsp3) is 0.333. The Kier molecular flexibility index (Phi) is 4.06. The topological polar surface area (TPSA) is 130 Å². The number of nitrogen functional groups attached to an aromatic ring is 1. The van der Waals surface area contributed by atoms with Gasteiger partial charge in [-0.3, -0.25) is 19.4 Å². The summed E-state index contributed by atoms with van der Waals surface area (Å²) >= 11 is 0. The van der Waals surface area contributed by atoms with E-state index in [4.69, 9.17) is 10.5 Å². The number of fused-ring (bicyclic) bond motifs is 2. The first-order valence-corrected chi connectivity index (χ1v) is 8.60. The number of carbonyl (C=O) groups is 2. The Morgan fingerprint density at radius 2 is 2.19 bits per heavy atom. The Hall–Kier alpha value is -3.36. The summed E-state index contributed by atoms with van der Waals surface area (Å²) in [7, 11) is 1.55. The van der Waals surface area contributed by atoms with E-state index in [1.165, 1.54) is 0 Å². The standard InChI is InChI=1S/C18H19N5O4/c1-27-9-2-3-13-11(6-9)12(7-15(24)20-13)17(26)23-5-4-10-14(8-23)21-18(19)22-16(10)25/h2-3,6,12H,4-5,7-8H2,1H3,(H,20,24)(H3,19,21,22,25). The molecule has 3 heterocycles. The number of H-pyrrole nitrogens is 1. The number of aromatic amines is 1. The first-order valence-electron chi connectivity index (χ1n) is 8.60. The number of carbonyl (C=O) groups excluding carboxylic acids is 2. The van der Waals surface area contributed by atoms with Crippen molar-refractivity contribution in [1.82, 2.24) is 14.9 Å². The van der Waals surface area contributed by atoms with Gasteiger partial charge < -0.3 is 20.7 Å². The molecule has 2 aliphatic heterocycles. The number of amides is 2. The second kappa shape index (κ2) is 6.42. The third-order valence-corrected chi connectivity index (χ3v) is 5.00. The van der Waals surface area contributed by atoms with Crippen LogP contribution in [0.1, 0.15) is 29.2 Å². The van der Waals surface area contributed by atoms with Crippen LogP contribution in [0.25, 0.3) is 0 Å². The highest BCUT2D eigenvalue weighted by Gasteiger charge is 2.35. The smallest absolute Gasteiger partial charge is 0.255 e. The number of nitrogens with one attached hydrogen (secondary N) is 2. The summed E-state index contributed by atoms with van der Waals surface area (Å²) < 4.78 is 5.25. The molecule has 0 saturated heterocycles. The molecule has 9 heteroatoms. The van der Waals surface area contributed by atoms with Crippen molar-refractivity contribution >= 4 is 23.5 Å². The van der Waals surface area contributed by atoms with Gasteiger partial charge >= 0.3 is 0 Å². The second-order valence-electron chi connectivity index (χ2n) is 6.64. The number of nitrogens with two attached hydrogens (primary N) is 1. The van der Waals surface area contributed by atoms with Crippen LogP contribution >= 0.6 is 0 Å². The molecule has 9 nitrogen and oxygen atoms in total. The number of hydrogen-bond acceptors (Lipinski definition) is 6. The van der Waals surface area contributed by atoms with Crippen LogP contribution in [-0.4, -0.2) is 40.3 Å². The molecule has 0 radical (unpaired) electrons. The molecule has 27 heavy (non-hydrogen) atoms. The fourth-order valence-electron chi connectivity index (χ4n) is 3.65. The number of nitrogens with zero attached hydrogens (tertiary/aromatic N) is 2. The van der Waals surface area contributed by atoms with Crippen LogP contribution < -0.4 is 21.3 Å². The maximum absolute atomic E-state index is 13.2. The van der Waals surface area contributed by atoms with E-state index in [9.17, 15) is 14.4 Å². The summed E-state index contributed by atoms with van der Waals surface area (Å²) in [5, 5.41) is 2.79. The average molecular weight is 369 g/mol. The molecule has 1 aromatic carbocycles. The van der Waals surface area contributed by atoms with E-state index in [2.05, 4.69) is 15.3 Å². The molecule has 0 bridgehead atoms. The second-order valence-corrected chi connectivity index (χ2v) is 6.64. The molecule has 2 amide bonds. The van der Waals surface area contributed by atoms with Crippen molar-refractivity contribution in [2.24, 2.45) is 0 Å². The lowest BCUT2D eigenvalue weighted by Gasteiger charge is -2.33. The van der Waals surface area contributed by atoms with Gasteiger partial charge in [0.2, 0.25) is 17.8 Å². The quantitative estimate of drug-likeness (QED) is 0.701. The zero-order chi connectivity index (χ0) is 19.1. The predicted molar refractivity (Wildman–Crippen MR) is 97.4 cm³/mol. The summed E-state index contributed by atoms with van der Waals surface area (Å²) in [6.07, 6.45) is 0.459. The molecule has 1 aromatic heterocycles. The van der Waals surface area contributed by atoms with E-state index >= 15 is 0 Å². The van der Waals surface area contributed by atoms with Crippen LogP contribution in [0, 0.1) is 0 Å². The van der Waals surface area contributed by atoms with E-state index in [0.717, 1.165) is 5.56 Å².